The molecule has 0 aliphatic heterocycles. The molecule has 12 aliphatic rings. The van der Waals surface area contributed by atoms with E-state index in [1.165, 1.54) is 67.8 Å². The van der Waals surface area contributed by atoms with Gasteiger partial charge in [-0.2, -0.15) is 0 Å². The molecule has 23 nitrogen and oxygen atoms in total. The Labute approximate surface area is 727 Å². The average Bonchev–Trinajstić information content (AvgIpc) is 0.698. The maximum Gasteiger partial charge on any atom is 0.356 e. The monoisotopic (exact) mass is 1770 g/mol. The van der Waals surface area contributed by atoms with Crippen LogP contribution in [0.4, 0.5) is 13.2 Å². The van der Waals surface area contributed by atoms with Gasteiger partial charge in [0.05, 0.1) is 31.7 Å². The van der Waals surface area contributed by atoms with Crippen LogP contribution in [-0.4, -0.2) is 134 Å². The van der Waals surface area contributed by atoms with Crippen molar-refractivity contribution in [3.63, 3.8) is 0 Å². The number of hydrogen-bond acceptors (Lipinski definition) is 19. The Morgan fingerprint density at radius 1 is 0.352 bits per heavy atom. The van der Waals surface area contributed by atoms with Gasteiger partial charge in [0.25, 0.3) is 23.6 Å². The van der Waals surface area contributed by atoms with E-state index < -0.39 is 23.4 Å². The van der Waals surface area contributed by atoms with Crippen molar-refractivity contribution in [3.05, 3.63) is 234 Å². The van der Waals surface area contributed by atoms with Gasteiger partial charge in [0.1, 0.15) is 63.2 Å². The van der Waals surface area contributed by atoms with Crippen LogP contribution in [0.2, 0.25) is 25.1 Å². The highest BCUT2D eigenvalue weighted by molar-refractivity contribution is 6.42. The summed E-state index contributed by atoms with van der Waals surface area (Å²) in [4.78, 5) is 139. The number of hydrogen-bond donors (Lipinski definition) is 4. The Morgan fingerprint density at radius 2 is 0.648 bits per heavy atom. The Hall–Kier alpha value is -10.4. The van der Waals surface area contributed by atoms with Gasteiger partial charge >= 0.3 is 5.97 Å². The lowest BCUT2D eigenvalue weighted by Gasteiger charge is -2.70. The summed E-state index contributed by atoms with van der Waals surface area (Å²) < 4.78 is 66.7. The number of pyridine rings is 4. The second kappa shape index (κ2) is 37.0. The van der Waals surface area contributed by atoms with Crippen LogP contribution in [-0.2, 0) is 36.8 Å². The molecule has 4 N–H and O–H groups in total. The summed E-state index contributed by atoms with van der Waals surface area (Å²) >= 11 is 28.7. The lowest BCUT2D eigenvalue weighted by molar-refractivity contribution is -0.165. The number of halogens is 8. The molecule has 4 aromatic heterocycles. The molecule has 8 aromatic rings. The van der Waals surface area contributed by atoms with Crippen molar-refractivity contribution in [3.8, 4) is 23.0 Å². The predicted octanol–water partition coefficient (Wildman–Crippen LogP) is 17.1. The summed E-state index contributed by atoms with van der Waals surface area (Å²) in [6, 6.07) is 30.9. The summed E-state index contributed by atoms with van der Waals surface area (Å²) in [6.45, 7) is 6.84. The van der Waals surface area contributed by atoms with Crippen molar-refractivity contribution in [2.24, 2.45) is 21.7 Å². The molecule has 20 rings (SSSR count). The summed E-state index contributed by atoms with van der Waals surface area (Å²) in [5.74, 6) is -2.27. The van der Waals surface area contributed by atoms with Crippen LogP contribution in [0.15, 0.2) is 146 Å². The Bertz CT molecular complexity index is 5210. The smallest absolute Gasteiger partial charge is 0.356 e. The van der Waals surface area contributed by atoms with Gasteiger partial charge < -0.3 is 45.0 Å². The minimum Gasteiger partial charge on any atom is -0.484 e. The lowest BCUT2D eigenvalue weighted by atomic mass is 9.38. The zero-order chi connectivity index (χ0) is 87.2. The first-order valence-corrected chi connectivity index (χ1v) is 42.1. The SMILES string of the molecule is CC(=O)c1cc(C(=O)CC23CC(NC(=O)COc4ccc(Cl)c(F)c4)(C2)C3)ccn1.CCCc1ccnc(C(=O)CC23CC(NC(=O)COc4ccc(Cl)c(Cl)c4)(C2)C3)c1.CCCc1ccnc(C(=O)CC23CC(NC(=O)COc4ccc(Cl)c(F)c4)(C2)C3)c1.CCOC(=O)c1cc(C(=O)CC23CC(NC(=O)COc4ccc(Cl)c(F)c4)(C2)C3)ccn1. The number of carbonyl (C=O) groups is 10. The molecule has 4 amide bonds. The summed E-state index contributed by atoms with van der Waals surface area (Å²) in [5, 5.41) is 12.8. The van der Waals surface area contributed by atoms with Gasteiger partial charge in [-0.05, 0) is 227 Å². The molecule has 31 heteroatoms. The molecule has 4 aromatic carbocycles. The van der Waals surface area contributed by atoms with Crippen LogP contribution in [0.1, 0.15) is 217 Å². The molecule has 12 aliphatic carbocycles. The molecule has 8 bridgehead atoms. The highest BCUT2D eigenvalue weighted by Crippen LogP contribution is 2.72. The van der Waals surface area contributed by atoms with E-state index in [0.29, 0.717) is 83.3 Å². The Morgan fingerprint density at radius 3 is 0.959 bits per heavy atom. The van der Waals surface area contributed by atoms with Crippen molar-refractivity contribution in [2.75, 3.05) is 33.0 Å². The molecular formula is C91H90Cl5F3N8O15. The molecule has 0 atom stereocenters. The standard InChI is InChI=1S/C23H24Cl2N2O3.C23H22ClFN2O5.C23H24ClFN2O3.C22H20ClFN2O4/c1-2-3-15-6-7-26-19(8-15)20(28)10-22-12-23(13-22,14-22)27-21(29)11-30-16-4-5-17(24)18(25)9-16;1-2-31-21(30)18-7-14(5-6-26-18)19(28)9-22-11-23(12-22,13-22)27-20(29)10-32-15-3-4-16(24)17(25)8-15;1-2-3-15-6-7-26-19(8-15)20(28)10-22-12-23(13-22,14-22)27-21(29)11-30-16-4-5-17(24)18(25)9-16;1-13(27)18-6-14(4-5-25-18)19(28)8-21-10-22(11-21,12-21)26-20(29)9-30-15-2-3-16(23)17(24)7-15/h4-9H,2-3,10-14H2,1H3,(H,27,29);3-8H,2,9-13H2,1H3,(H,27,29);4-9H,2-3,10-14H2,1H3,(H,27,29);2-7H,8-12H2,1H3,(H,26,29). The van der Waals surface area contributed by atoms with Gasteiger partial charge in [-0.1, -0.05) is 84.7 Å². The zero-order valence-electron chi connectivity index (χ0n) is 67.5. The summed E-state index contributed by atoms with van der Waals surface area (Å²) in [7, 11) is 0. The van der Waals surface area contributed by atoms with E-state index in [1.807, 2.05) is 24.3 Å². The number of benzene rings is 4. The third kappa shape index (κ3) is 21.3. The quantitative estimate of drug-likeness (QED) is 0.0212. The van der Waals surface area contributed by atoms with Gasteiger partial charge in [0, 0.05) is 115 Å². The summed E-state index contributed by atoms with van der Waals surface area (Å²) in [6.07, 6.45) is 21.2. The predicted molar refractivity (Wildman–Crippen MR) is 448 cm³/mol. The van der Waals surface area contributed by atoms with Crippen LogP contribution in [0.25, 0.3) is 0 Å². The number of carbonyl (C=O) groups excluding carboxylic acids is 10. The first-order chi connectivity index (χ1) is 58.1. The molecule has 4 heterocycles. The molecule has 12 fully saturated rings. The fraction of sp³-hybridized carbons (Fsp3) is 0.407. The lowest BCUT2D eigenvalue weighted by Crippen LogP contribution is -2.75. The molecule has 0 spiro atoms. The van der Waals surface area contributed by atoms with Crippen LogP contribution in [0.5, 0.6) is 23.0 Å². The van der Waals surface area contributed by atoms with E-state index >= 15 is 0 Å². The van der Waals surface area contributed by atoms with Gasteiger partial charge in [-0.15, -0.1) is 0 Å². The molecule has 640 valence electrons. The number of aromatic nitrogens is 4. The van der Waals surface area contributed by atoms with Crippen LogP contribution in [0.3, 0.4) is 0 Å². The van der Waals surface area contributed by atoms with Gasteiger partial charge in [0.2, 0.25) is 0 Å². The minimum atomic E-state index is -0.612. The van der Waals surface area contributed by atoms with Gasteiger partial charge in [-0.25, -0.2) is 22.9 Å². The van der Waals surface area contributed by atoms with Crippen molar-refractivity contribution >= 4 is 117 Å². The fourth-order valence-electron chi connectivity index (χ4n) is 19.1. The first-order valence-electron chi connectivity index (χ1n) is 40.3. The first kappa shape index (κ1) is 89.4. The maximum absolute atomic E-state index is 13.4. The molecule has 122 heavy (non-hydrogen) atoms. The molecule has 0 saturated heterocycles. The second-order valence-electron chi connectivity index (χ2n) is 34.0. The number of Topliss-reactive ketones (excluding diaryl/α,β-unsaturated/α-hetero) is 5. The van der Waals surface area contributed by atoms with Crippen molar-refractivity contribution in [1.29, 1.82) is 0 Å². The number of amides is 4. The Balaban J connectivity index is 0.000000140. The van der Waals surface area contributed by atoms with E-state index in [9.17, 15) is 61.1 Å². The topological polar surface area (TPSA) is 317 Å². The third-order valence-electron chi connectivity index (χ3n) is 23.7. The normalized spacial score (nSPS) is 23.5. The van der Waals surface area contributed by atoms with E-state index in [1.54, 1.807) is 49.6 Å². The molecule has 0 unspecified atom stereocenters. The average molecular weight is 1770 g/mol. The van der Waals surface area contributed by atoms with E-state index in [-0.39, 0.29) is 173 Å². The fourth-order valence-corrected chi connectivity index (χ4v) is 19.7. The van der Waals surface area contributed by atoms with Gasteiger partial charge in [-0.3, -0.25) is 58.1 Å². The van der Waals surface area contributed by atoms with E-state index in [0.717, 1.165) is 113 Å². The molecular weight excluding hydrogens is 1680 g/mol. The number of aryl methyl sites for hydroxylation is 2. The largest absolute Gasteiger partial charge is 0.484 e. The van der Waals surface area contributed by atoms with Crippen LogP contribution >= 0.6 is 58.0 Å². The van der Waals surface area contributed by atoms with Crippen molar-refractivity contribution in [1.82, 2.24) is 41.2 Å². The number of ketones is 5. The number of esters is 1. The van der Waals surface area contributed by atoms with Crippen molar-refractivity contribution < 1.29 is 84.8 Å². The second-order valence-corrected chi connectivity index (χ2v) is 36.1. The van der Waals surface area contributed by atoms with E-state index in [2.05, 4.69) is 55.1 Å². The summed E-state index contributed by atoms with van der Waals surface area (Å²) in [5.41, 5.74) is 3.45. The number of nitrogens with zero attached hydrogens (tertiary/aromatic N) is 4. The number of ether oxygens (including phenoxy) is 5. The number of nitrogens with one attached hydrogen (secondary N) is 4. The van der Waals surface area contributed by atoms with E-state index in [4.69, 9.17) is 81.7 Å². The number of rotatable bonds is 35. The van der Waals surface area contributed by atoms with Crippen LogP contribution in [0, 0.1) is 39.1 Å². The van der Waals surface area contributed by atoms with Crippen LogP contribution < -0.4 is 40.2 Å². The highest BCUT2D eigenvalue weighted by Gasteiger charge is 2.71. The maximum atomic E-state index is 13.4. The zero-order valence-corrected chi connectivity index (χ0v) is 71.3. The third-order valence-corrected chi connectivity index (χ3v) is 25.3. The Kier molecular flexibility index (Phi) is 27.1. The van der Waals surface area contributed by atoms with Crippen molar-refractivity contribution in [2.45, 2.75) is 178 Å². The highest BCUT2D eigenvalue weighted by atomic mass is 35.5. The molecule has 0 radical (unpaired) electrons. The van der Waals surface area contributed by atoms with Gasteiger partial charge in [0.15, 0.2) is 55.3 Å². The minimum absolute atomic E-state index is 0.00723. The molecule has 12 saturated carbocycles.